The molecule has 2 amide bonds. The zero-order valence-electron chi connectivity index (χ0n) is 18.5. The molecule has 9 heteroatoms. The fourth-order valence-electron chi connectivity index (χ4n) is 3.90. The van der Waals surface area contributed by atoms with Gasteiger partial charge in [-0.3, -0.25) is 9.59 Å². The van der Waals surface area contributed by atoms with Gasteiger partial charge in [-0.1, -0.05) is 32.0 Å². The number of amides is 2. The molecule has 1 aromatic carbocycles. The number of fused-ring (bicyclic) bond motifs is 1. The van der Waals surface area contributed by atoms with Gasteiger partial charge in [0.25, 0.3) is 5.91 Å². The van der Waals surface area contributed by atoms with Gasteiger partial charge in [-0.15, -0.1) is 11.8 Å². The van der Waals surface area contributed by atoms with Crippen LogP contribution in [-0.2, 0) is 19.1 Å². The minimum absolute atomic E-state index is 0.175. The third-order valence-electron chi connectivity index (χ3n) is 5.64. The largest absolute Gasteiger partial charge is 0.484 e. The summed E-state index contributed by atoms with van der Waals surface area (Å²) in [7, 11) is 0. The van der Waals surface area contributed by atoms with Gasteiger partial charge >= 0.3 is 5.97 Å². The smallest absolute Gasteiger partial charge is 0.330 e. The van der Waals surface area contributed by atoms with Crippen LogP contribution in [0.15, 0.2) is 30.3 Å². The van der Waals surface area contributed by atoms with Crippen LogP contribution in [0.5, 0.6) is 5.75 Å². The third kappa shape index (κ3) is 5.15. The summed E-state index contributed by atoms with van der Waals surface area (Å²) in [6.07, 6.45) is 0. The Morgan fingerprint density at radius 1 is 1.19 bits per heavy atom. The predicted octanol–water partition coefficient (Wildman–Crippen LogP) is 1.50. The van der Waals surface area contributed by atoms with Gasteiger partial charge in [-0.25, -0.2) is 4.79 Å². The summed E-state index contributed by atoms with van der Waals surface area (Å²) >= 11 is 1.51. The number of esters is 1. The first kappa shape index (κ1) is 23.4. The van der Waals surface area contributed by atoms with E-state index in [-0.39, 0.29) is 23.8 Å². The van der Waals surface area contributed by atoms with Crippen molar-refractivity contribution in [3.63, 3.8) is 0 Å². The Bertz CT molecular complexity index is 800. The number of rotatable bonds is 10. The van der Waals surface area contributed by atoms with Gasteiger partial charge in [0.2, 0.25) is 5.91 Å². The van der Waals surface area contributed by atoms with Crippen molar-refractivity contribution in [1.29, 1.82) is 0 Å². The van der Waals surface area contributed by atoms with Gasteiger partial charge in [0.05, 0.1) is 0 Å². The molecule has 1 aromatic rings. The number of likely N-dealkylation sites (N-methyl/N-ethyl adjacent to an activating group) is 1. The molecule has 0 spiro atoms. The second-order valence-corrected chi connectivity index (χ2v) is 9.87. The van der Waals surface area contributed by atoms with Crippen molar-refractivity contribution in [3.8, 4) is 5.75 Å². The normalized spacial score (nSPS) is 23.8. The molecule has 8 nitrogen and oxygen atoms in total. The molecule has 1 N–H and O–H groups in total. The van der Waals surface area contributed by atoms with Crippen molar-refractivity contribution >= 4 is 29.5 Å². The lowest BCUT2D eigenvalue weighted by molar-refractivity contribution is -0.164. The van der Waals surface area contributed by atoms with Gasteiger partial charge in [0.1, 0.15) is 29.8 Å². The number of nitrogens with zero attached hydrogens (tertiary/aromatic N) is 2. The fraction of sp³-hybridized carbons (Fsp3) is 0.591. The summed E-state index contributed by atoms with van der Waals surface area (Å²) in [6, 6.07) is 7.69. The molecular formula is C22H31N3O5S. The molecule has 0 radical (unpaired) electrons. The highest BCUT2D eigenvalue weighted by Gasteiger charge is 2.64. The van der Waals surface area contributed by atoms with Crippen LogP contribution in [0.4, 0.5) is 0 Å². The van der Waals surface area contributed by atoms with E-state index in [1.54, 1.807) is 17.0 Å². The molecule has 0 saturated carbocycles. The van der Waals surface area contributed by atoms with Gasteiger partial charge in [-0.05, 0) is 39.1 Å². The molecule has 0 aliphatic carbocycles. The van der Waals surface area contributed by atoms with E-state index in [1.807, 2.05) is 32.0 Å². The van der Waals surface area contributed by atoms with E-state index in [4.69, 9.17) is 9.47 Å². The molecule has 2 aliphatic heterocycles. The third-order valence-corrected chi connectivity index (χ3v) is 7.21. The van der Waals surface area contributed by atoms with Gasteiger partial charge in [0.15, 0.2) is 6.61 Å². The van der Waals surface area contributed by atoms with E-state index in [2.05, 4.69) is 24.1 Å². The Labute approximate surface area is 187 Å². The Hall–Kier alpha value is -2.26. The van der Waals surface area contributed by atoms with E-state index < -0.39 is 22.8 Å². The molecule has 2 saturated heterocycles. The van der Waals surface area contributed by atoms with Crippen LogP contribution < -0.4 is 10.1 Å². The van der Waals surface area contributed by atoms with Crippen molar-refractivity contribution in [2.45, 2.75) is 49.9 Å². The number of para-hydroxylation sites is 1. The number of carbonyl (C=O) groups is 3. The first-order chi connectivity index (χ1) is 14.8. The topological polar surface area (TPSA) is 88.2 Å². The maximum absolute atomic E-state index is 12.8. The van der Waals surface area contributed by atoms with Crippen molar-refractivity contribution in [3.05, 3.63) is 30.3 Å². The average Bonchev–Trinajstić information content (AvgIpc) is 3.02. The van der Waals surface area contributed by atoms with E-state index in [1.165, 1.54) is 11.8 Å². The standard InChI is InChI=1S/C22H31N3O5S/c1-5-24(6-2)12-13-29-21(28)18-22(3,4)31-20-17(19(27)25(18)20)23-16(26)14-30-15-10-8-7-9-11-15/h7-11,17-18,20H,5-6,12-14H2,1-4H3,(H,23,26)/t17?,18-,20+/m0/s1. The second-order valence-electron chi connectivity index (χ2n) is 8.10. The lowest BCUT2D eigenvalue weighted by Gasteiger charge is -2.43. The molecule has 2 heterocycles. The first-order valence-electron chi connectivity index (χ1n) is 10.6. The quantitative estimate of drug-likeness (QED) is 0.428. The molecule has 3 rings (SSSR count). The summed E-state index contributed by atoms with van der Waals surface area (Å²) < 4.78 is 10.4. The molecule has 2 fully saturated rings. The summed E-state index contributed by atoms with van der Waals surface area (Å²) in [4.78, 5) is 41.6. The van der Waals surface area contributed by atoms with E-state index in [9.17, 15) is 14.4 Å². The van der Waals surface area contributed by atoms with Crippen LogP contribution >= 0.6 is 11.8 Å². The number of ether oxygens (including phenoxy) is 2. The second kappa shape index (κ2) is 9.91. The minimum Gasteiger partial charge on any atom is -0.484 e. The number of hydrogen-bond donors (Lipinski definition) is 1. The Balaban J connectivity index is 1.53. The zero-order valence-corrected chi connectivity index (χ0v) is 19.3. The van der Waals surface area contributed by atoms with E-state index in [0.29, 0.717) is 18.9 Å². The van der Waals surface area contributed by atoms with E-state index in [0.717, 1.165) is 13.1 Å². The lowest BCUT2D eigenvalue weighted by Crippen LogP contribution is -2.71. The summed E-state index contributed by atoms with van der Waals surface area (Å²) in [6.45, 7) is 10.5. The number of nitrogens with one attached hydrogen (secondary N) is 1. The summed E-state index contributed by atoms with van der Waals surface area (Å²) in [5.74, 6) is -0.437. The molecule has 3 atom stereocenters. The van der Waals surface area contributed by atoms with Gasteiger partial charge in [-0.2, -0.15) is 0 Å². The van der Waals surface area contributed by atoms with Gasteiger partial charge in [0, 0.05) is 11.3 Å². The van der Waals surface area contributed by atoms with Crippen molar-refractivity contribution in [2.24, 2.45) is 0 Å². The van der Waals surface area contributed by atoms with Crippen LogP contribution in [0.1, 0.15) is 27.7 Å². The van der Waals surface area contributed by atoms with E-state index >= 15 is 0 Å². The monoisotopic (exact) mass is 449 g/mol. The fourth-order valence-corrected chi connectivity index (χ4v) is 5.52. The molecule has 1 unspecified atom stereocenters. The highest BCUT2D eigenvalue weighted by Crippen LogP contribution is 2.51. The molecular weight excluding hydrogens is 418 g/mol. The number of hydrogen-bond acceptors (Lipinski definition) is 7. The zero-order chi connectivity index (χ0) is 22.6. The van der Waals surface area contributed by atoms with Crippen LogP contribution in [-0.4, -0.2) is 82.6 Å². The van der Waals surface area contributed by atoms with Crippen LogP contribution in [0.3, 0.4) is 0 Å². The van der Waals surface area contributed by atoms with Crippen molar-refractivity contribution in [1.82, 2.24) is 15.1 Å². The summed E-state index contributed by atoms with van der Waals surface area (Å²) in [5, 5.41) is 2.46. The van der Waals surface area contributed by atoms with Crippen LogP contribution in [0.2, 0.25) is 0 Å². The number of β-lactam (4-membered cyclic amide) rings is 1. The lowest BCUT2D eigenvalue weighted by atomic mass is 9.96. The molecule has 170 valence electrons. The average molecular weight is 450 g/mol. The molecule has 0 bridgehead atoms. The van der Waals surface area contributed by atoms with Crippen molar-refractivity contribution < 1.29 is 23.9 Å². The molecule has 0 aromatic heterocycles. The number of thioether (sulfide) groups is 1. The SMILES string of the molecule is CCN(CC)CCOC(=O)[C@@H]1N2C(=O)C(NC(=O)COc3ccccc3)[C@H]2SC1(C)C. The summed E-state index contributed by atoms with van der Waals surface area (Å²) in [5.41, 5.74) is 0. The first-order valence-corrected chi connectivity index (χ1v) is 11.5. The van der Waals surface area contributed by atoms with Crippen LogP contribution in [0, 0.1) is 0 Å². The Kier molecular flexibility index (Phi) is 7.48. The maximum Gasteiger partial charge on any atom is 0.330 e. The molecule has 2 aliphatic rings. The van der Waals surface area contributed by atoms with Gasteiger partial charge < -0.3 is 24.6 Å². The highest BCUT2D eigenvalue weighted by atomic mass is 32.2. The number of carbonyl (C=O) groups excluding carboxylic acids is 3. The Morgan fingerprint density at radius 2 is 1.87 bits per heavy atom. The minimum atomic E-state index is -0.666. The Morgan fingerprint density at radius 3 is 2.52 bits per heavy atom. The maximum atomic E-state index is 12.8. The van der Waals surface area contributed by atoms with Crippen LogP contribution in [0.25, 0.3) is 0 Å². The number of benzene rings is 1. The highest BCUT2D eigenvalue weighted by molar-refractivity contribution is 8.01. The van der Waals surface area contributed by atoms with Crippen molar-refractivity contribution in [2.75, 3.05) is 32.8 Å². The predicted molar refractivity (Wildman–Crippen MR) is 119 cm³/mol. The molecule has 31 heavy (non-hydrogen) atoms.